The molecule has 3 heterocycles. The lowest BCUT2D eigenvalue weighted by atomic mass is 10.1. The molecule has 0 aliphatic carbocycles. The van der Waals surface area contributed by atoms with Crippen molar-refractivity contribution in [1.82, 2.24) is 14.8 Å². The summed E-state index contributed by atoms with van der Waals surface area (Å²) in [6, 6.07) is 2.51. The molecule has 2 aromatic rings. The lowest BCUT2D eigenvalue weighted by Crippen LogP contribution is -2.47. The molecule has 2 amide bonds. The molecule has 0 saturated carbocycles. The van der Waals surface area contributed by atoms with Crippen molar-refractivity contribution in [3.8, 4) is 5.75 Å². The first-order chi connectivity index (χ1) is 14.3. The highest BCUT2D eigenvalue weighted by molar-refractivity contribution is 5.99. The molecule has 2 unspecified atom stereocenters. The number of hydrogen-bond donors (Lipinski definition) is 2. The number of halogens is 2. The Kier molecular flexibility index (Phi) is 4.89. The van der Waals surface area contributed by atoms with Crippen LogP contribution in [0, 0.1) is 11.6 Å². The molecular weight excluding hydrogens is 396 g/mol. The van der Waals surface area contributed by atoms with Gasteiger partial charge in [0.2, 0.25) is 5.43 Å². The van der Waals surface area contributed by atoms with Crippen LogP contribution in [0.5, 0.6) is 5.75 Å². The van der Waals surface area contributed by atoms with E-state index in [1.165, 1.54) is 16.8 Å². The van der Waals surface area contributed by atoms with E-state index >= 15 is 0 Å². The molecular formula is C21H19F2N3O4. The van der Waals surface area contributed by atoms with Gasteiger partial charge in [0.05, 0.1) is 6.04 Å². The lowest BCUT2D eigenvalue weighted by Gasteiger charge is -2.37. The molecule has 0 radical (unpaired) electrons. The summed E-state index contributed by atoms with van der Waals surface area (Å²) in [5.41, 5.74) is -1.44. The molecule has 2 bridgehead atoms. The SMILES string of the molecule is CC1C=CCC2CN1C(=O)c1c(O)c(=O)c(C(=O)NCc3ccc(F)cc3F)cn12. The second-order valence-corrected chi connectivity index (χ2v) is 7.41. The number of benzene rings is 1. The quantitative estimate of drug-likeness (QED) is 0.752. The zero-order valence-corrected chi connectivity index (χ0v) is 16.1. The van der Waals surface area contributed by atoms with Crippen LogP contribution in [0.2, 0.25) is 0 Å². The van der Waals surface area contributed by atoms with Crippen molar-refractivity contribution < 1.29 is 23.5 Å². The van der Waals surface area contributed by atoms with E-state index in [2.05, 4.69) is 5.32 Å². The lowest BCUT2D eigenvalue weighted by molar-refractivity contribution is 0.0629. The zero-order valence-electron chi connectivity index (χ0n) is 16.1. The molecule has 30 heavy (non-hydrogen) atoms. The number of hydrogen-bond acceptors (Lipinski definition) is 4. The van der Waals surface area contributed by atoms with Crippen molar-refractivity contribution in [3.05, 3.63) is 75.2 Å². The number of allylic oxidation sites excluding steroid dienone is 1. The predicted octanol–water partition coefficient (Wildman–Crippen LogP) is 2.11. The van der Waals surface area contributed by atoms with Crippen LogP contribution in [0.15, 0.2) is 41.3 Å². The third-order valence-corrected chi connectivity index (χ3v) is 5.49. The van der Waals surface area contributed by atoms with Crippen LogP contribution in [-0.4, -0.2) is 39.0 Å². The number of aromatic hydroxyl groups is 1. The summed E-state index contributed by atoms with van der Waals surface area (Å²) in [7, 11) is 0. The monoisotopic (exact) mass is 415 g/mol. The van der Waals surface area contributed by atoms with Crippen molar-refractivity contribution in [2.45, 2.75) is 32.0 Å². The highest BCUT2D eigenvalue weighted by atomic mass is 19.1. The normalized spacial score (nSPS) is 20.0. The van der Waals surface area contributed by atoms with Gasteiger partial charge in [-0.3, -0.25) is 14.4 Å². The second-order valence-electron chi connectivity index (χ2n) is 7.41. The van der Waals surface area contributed by atoms with E-state index in [4.69, 9.17) is 0 Å². The van der Waals surface area contributed by atoms with Gasteiger partial charge in [-0.1, -0.05) is 18.2 Å². The van der Waals surface area contributed by atoms with E-state index in [0.717, 1.165) is 6.07 Å². The van der Waals surface area contributed by atoms with Gasteiger partial charge in [-0.25, -0.2) is 8.78 Å². The minimum atomic E-state index is -0.980. The Hall–Kier alpha value is -3.49. The third kappa shape index (κ3) is 3.26. The summed E-state index contributed by atoms with van der Waals surface area (Å²) in [6.45, 7) is 1.95. The maximum absolute atomic E-state index is 13.8. The van der Waals surface area contributed by atoms with Crippen molar-refractivity contribution in [2.75, 3.05) is 6.54 Å². The Bertz CT molecular complexity index is 1140. The molecule has 2 atom stereocenters. The minimum absolute atomic E-state index is 0.0424. The fraction of sp³-hybridized carbons (Fsp3) is 0.286. The van der Waals surface area contributed by atoms with E-state index in [1.54, 1.807) is 4.90 Å². The molecule has 7 nitrogen and oxygen atoms in total. The number of pyridine rings is 1. The first-order valence-corrected chi connectivity index (χ1v) is 9.45. The van der Waals surface area contributed by atoms with Crippen LogP contribution < -0.4 is 10.7 Å². The highest BCUT2D eigenvalue weighted by Crippen LogP contribution is 2.31. The van der Waals surface area contributed by atoms with E-state index < -0.39 is 34.6 Å². The van der Waals surface area contributed by atoms with Gasteiger partial charge >= 0.3 is 0 Å². The molecule has 156 valence electrons. The zero-order chi connectivity index (χ0) is 21.6. The van der Waals surface area contributed by atoms with Crippen LogP contribution in [0.25, 0.3) is 0 Å². The topological polar surface area (TPSA) is 91.6 Å². The van der Waals surface area contributed by atoms with Crippen LogP contribution in [-0.2, 0) is 6.54 Å². The van der Waals surface area contributed by atoms with Crippen molar-refractivity contribution in [1.29, 1.82) is 0 Å². The van der Waals surface area contributed by atoms with Crippen LogP contribution in [0.1, 0.15) is 45.8 Å². The highest BCUT2D eigenvalue weighted by Gasteiger charge is 2.37. The van der Waals surface area contributed by atoms with Gasteiger partial charge in [-0.05, 0) is 19.4 Å². The molecule has 0 spiro atoms. The van der Waals surface area contributed by atoms with E-state index in [1.807, 2.05) is 19.1 Å². The smallest absolute Gasteiger partial charge is 0.275 e. The molecule has 1 aromatic carbocycles. The Balaban J connectivity index is 1.67. The Morgan fingerprint density at radius 2 is 2.07 bits per heavy atom. The van der Waals surface area contributed by atoms with E-state index in [0.29, 0.717) is 19.0 Å². The Morgan fingerprint density at radius 1 is 1.30 bits per heavy atom. The van der Waals surface area contributed by atoms with Crippen LogP contribution in [0.3, 0.4) is 0 Å². The maximum atomic E-state index is 13.8. The first-order valence-electron chi connectivity index (χ1n) is 9.45. The van der Waals surface area contributed by atoms with Gasteiger partial charge in [0.1, 0.15) is 17.2 Å². The number of fused-ring (bicyclic) bond motifs is 4. The standard InChI is InChI=1S/C21H19F2N3O4/c1-11-3-2-4-14-9-25(11)21(30)17-19(28)18(27)15(10-26(14)17)20(29)24-8-12-5-6-13(22)7-16(12)23/h2-3,5-7,10-11,14,28H,4,8-9H2,1H3,(H,24,29). The fourth-order valence-electron chi connectivity index (χ4n) is 3.83. The van der Waals surface area contributed by atoms with Crippen LogP contribution in [0.4, 0.5) is 8.78 Å². The van der Waals surface area contributed by atoms with Gasteiger partial charge < -0.3 is 19.9 Å². The number of carbonyl (C=O) groups is 2. The minimum Gasteiger partial charge on any atom is -0.503 e. The molecule has 0 saturated heterocycles. The summed E-state index contributed by atoms with van der Waals surface area (Å²) < 4.78 is 28.3. The Labute approximate surface area is 170 Å². The summed E-state index contributed by atoms with van der Waals surface area (Å²) >= 11 is 0. The number of nitrogens with one attached hydrogen (secondary N) is 1. The number of nitrogens with zero attached hydrogens (tertiary/aromatic N) is 2. The molecule has 2 N–H and O–H groups in total. The number of rotatable bonds is 3. The van der Waals surface area contributed by atoms with Gasteiger partial charge in [-0.2, -0.15) is 0 Å². The molecule has 9 heteroatoms. The van der Waals surface area contributed by atoms with Crippen molar-refractivity contribution in [2.24, 2.45) is 0 Å². The second kappa shape index (κ2) is 7.40. The summed E-state index contributed by atoms with van der Waals surface area (Å²) in [4.78, 5) is 39.6. The summed E-state index contributed by atoms with van der Waals surface area (Å²) in [5.74, 6) is -3.68. The number of aromatic nitrogens is 1. The number of amides is 2. The van der Waals surface area contributed by atoms with Gasteiger partial charge in [-0.15, -0.1) is 0 Å². The molecule has 1 aromatic heterocycles. The summed E-state index contributed by atoms with van der Waals surface area (Å²) in [5, 5.41) is 12.9. The van der Waals surface area contributed by atoms with Gasteiger partial charge in [0.25, 0.3) is 11.8 Å². The third-order valence-electron chi connectivity index (χ3n) is 5.49. The van der Waals surface area contributed by atoms with Gasteiger partial charge in [0.15, 0.2) is 11.4 Å². The largest absolute Gasteiger partial charge is 0.503 e. The first kappa shape index (κ1) is 19.8. The molecule has 4 rings (SSSR count). The van der Waals surface area contributed by atoms with E-state index in [-0.39, 0.29) is 35.4 Å². The van der Waals surface area contributed by atoms with Gasteiger partial charge in [0, 0.05) is 37.0 Å². The molecule has 2 aliphatic rings. The average molecular weight is 415 g/mol. The summed E-state index contributed by atoms with van der Waals surface area (Å²) in [6.07, 6.45) is 5.62. The Morgan fingerprint density at radius 3 is 2.80 bits per heavy atom. The molecule has 2 aliphatic heterocycles. The van der Waals surface area contributed by atoms with E-state index in [9.17, 15) is 28.3 Å². The predicted molar refractivity (Wildman–Crippen MR) is 103 cm³/mol. The maximum Gasteiger partial charge on any atom is 0.275 e. The van der Waals surface area contributed by atoms with Crippen molar-refractivity contribution >= 4 is 11.8 Å². The fourth-order valence-corrected chi connectivity index (χ4v) is 3.83. The number of carbonyl (C=O) groups excluding carboxylic acids is 2. The van der Waals surface area contributed by atoms with Crippen molar-refractivity contribution in [3.63, 3.8) is 0 Å². The van der Waals surface area contributed by atoms with Crippen LogP contribution >= 0.6 is 0 Å². The average Bonchev–Trinajstić information content (AvgIpc) is 2.87. The molecule has 0 fully saturated rings.